The van der Waals surface area contributed by atoms with Gasteiger partial charge >= 0.3 is 0 Å². The molecule has 1 saturated heterocycles. The fourth-order valence-corrected chi connectivity index (χ4v) is 3.49. The molecule has 4 rings (SSSR count). The monoisotopic (exact) mass is 378 g/mol. The number of nitrogens with zero attached hydrogens (tertiary/aromatic N) is 3. The number of aromatic nitrogens is 2. The Morgan fingerprint density at radius 3 is 2.54 bits per heavy atom. The Labute approximate surface area is 163 Å². The van der Waals surface area contributed by atoms with Crippen LogP contribution in [0.25, 0.3) is 0 Å². The van der Waals surface area contributed by atoms with Crippen molar-refractivity contribution in [2.75, 3.05) is 23.3 Å². The molecule has 2 heterocycles. The van der Waals surface area contributed by atoms with E-state index in [2.05, 4.69) is 15.3 Å². The summed E-state index contributed by atoms with van der Waals surface area (Å²) in [5.41, 5.74) is 2.90. The third kappa shape index (κ3) is 4.22. The van der Waals surface area contributed by atoms with Crippen molar-refractivity contribution in [1.29, 1.82) is 0 Å². The van der Waals surface area contributed by atoms with Crippen molar-refractivity contribution in [3.8, 4) is 0 Å². The van der Waals surface area contributed by atoms with Crippen molar-refractivity contribution in [2.24, 2.45) is 0 Å². The number of benzene rings is 2. The second kappa shape index (κ2) is 8.25. The molecule has 0 saturated carbocycles. The highest BCUT2D eigenvalue weighted by molar-refractivity contribution is 6.04. The van der Waals surface area contributed by atoms with Gasteiger partial charge in [0.25, 0.3) is 5.91 Å². The molecular formula is C22H23FN4O. The maximum atomic E-state index is 13.8. The Balaban J connectivity index is 1.38. The Kier molecular flexibility index (Phi) is 5.37. The van der Waals surface area contributed by atoms with Crippen LogP contribution in [0.5, 0.6) is 0 Å². The van der Waals surface area contributed by atoms with Crippen LogP contribution in [0.3, 0.4) is 0 Å². The van der Waals surface area contributed by atoms with Gasteiger partial charge in [0.05, 0.1) is 18.4 Å². The van der Waals surface area contributed by atoms with Crippen molar-refractivity contribution >= 4 is 17.3 Å². The molecule has 1 aromatic heterocycles. The fraction of sp³-hybridized carbons (Fsp3) is 0.273. The summed E-state index contributed by atoms with van der Waals surface area (Å²) in [6.45, 7) is 2.46. The molecular weight excluding hydrogens is 355 g/mol. The average molecular weight is 378 g/mol. The summed E-state index contributed by atoms with van der Waals surface area (Å²) in [4.78, 5) is 14.9. The molecule has 0 aliphatic carbocycles. The lowest BCUT2D eigenvalue weighted by Gasteiger charge is -2.28. The number of carbonyl (C=O) groups is 1. The van der Waals surface area contributed by atoms with E-state index in [1.54, 1.807) is 35.3 Å². The van der Waals surface area contributed by atoms with E-state index in [1.165, 1.54) is 25.3 Å². The highest BCUT2D eigenvalue weighted by atomic mass is 19.1. The second-order valence-electron chi connectivity index (χ2n) is 7.07. The van der Waals surface area contributed by atoms with Gasteiger partial charge in [-0.15, -0.1) is 0 Å². The lowest BCUT2D eigenvalue weighted by atomic mass is 10.1. The molecule has 144 valence electrons. The number of carbonyl (C=O) groups excluding carboxylic acids is 1. The third-order valence-corrected chi connectivity index (χ3v) is 5.03. The van der Waals surface area contributed by atoms with Gasteiger partial charge in [-0.2, -0.15) is 5.10 Å². The Bertz CT molecular complexity index is 945. The highest BCUT2D eigenvalue weighted by Gasteiger charge is 2.13. The lowest BCUT2D eigenvalue weighted by molar-refractivity contribution is 0.102. The summed E-state index contributed by atoms with van der Waals surface area (Å²) in [6.07, 6.45) is 7.01. The first-order valence-corrected chi connectivity index (χ1v) is 9.61. The van der Waals surface area contributed by atoms with E-state index >= 15 is 0 Å². The molecule has 0 atom stereocenters. The average Bonchev–Trinajstić information content (AvgIpc) is 3.17. The number of nitrogens with one attached hydrogen (secondary N) is 1. The molecule has 3 aromatic rings. The van der Waals surface area contributed by atoms with Gasteiger partial charge in [-0.3, -0.25) is 9.48 Å². The van der Waals surface area contributed by atoms with E-state index in [-0.39, 0.29) is 11.7 Å². The van der Waals surface area contributed by atoms with Gasteiger partial charge < -0.3 is 10.2 Å². The van der Waals surface area contributed by atoms with E-state index < -0.39 is 0 Å². The summed E-state index contributed by atoms with van der Waals surface area (Å²) in [5.74, 6) is -0.451. The topological polar surface area (TPSA) is 50.2 Å². The van der Waals surface area contributed by atoms with Crippen LogP contribution in [0.4, 0.5) is 15.8 Å². The van der Waals surface area contributed by atoms with Crippen LogP contribution in [0, 0.1) is 5.82 Å². The maximum absolute atomic E-state index is 13.8. The summed E-state index contributed by atoms with van der Waals surface area (Å²) in [5, 5.41) is 7.05. The van der Waals surface area contributed by atoms with Gasteiger partial charge in [-0.05, 0) is 49.6 Å². The minimum absolute atomic E-state index is 0.185. The standard InChI is InChI=1S/C22H23FN4O/c23-21-7-3-2-6-18(21)15-27-16-19(14-24-27)25-22(28)17-8-10-20(11-9-17)26-12-4-1-5-13-26/h2-3,6-11,14,16H,1,4-5,12-13,15H2,(H,25,28). The number of piperidine rings is 1. The van der Waals surface area contributed by atoms with Crippen molar-refractivity contribution in [2.45, 2.75) is 25.8 Å². The van der Waals surface area contributed by atoms with Gasteiger partial charge in [-0.1, -0.05) is 18.2 Å². The molecule has 1 N–H and O–H groups in total. The van der Waals surface area contributed by atoms with Crippen molar-refractivity contribution in [3.05, 3.63) is 77.9 Å². The van der Waals surface area contributed by atoms with Crippen LogP contribution in [0.15, 0.2) is 60.9 Å². The first kappa shape index (κ1) is 18.2. The fourth-order valence-electron chi connectivity index (χ4n) is 3.49. The molecule has 0 radical (unpaired) electrons. The number of amides is 1. The molecule has 0 spiro atoms. The Hall–Kier alpha value is -3.15. The van der Waals surface area contributed by atoms with Gasteiger partial charge in [0, 0.05) is 36.1 Å². The normalized spacial score (nSPS) is 14.1. The van der Waals surface area contributed by atoms with Crippen LogP contribution in [0.2, 0.25) is 0 Å². The molecule has 0 bridgehead atoms. The molecule has 28 heavy (non-hydrogen) atoms. The molecule has 1 fully saturated rings. The molecule has 6 heteroatoms. The van der Waals surface area contributed by atoms with E-state index in [4.69, 9.17) is 0 Å². The molecule has 1 aliphatic heterocycles. The van der Waals surface area contributed by atoms with Crippen molar-refractivity contribution in [1.82, 2.24) is 9.78 Å². The number of anilines is 2. The quantitative estimate of drug-likeness (QED) is 0.720. The Morgan fingerprint density at radius 1 is 1.04 bits per heavy atom. The van der Waals surface area contributed by atoms with E-state index in [1.807, 2.05) is 24.3 Å². The van der Waals surface area contributed by atoms with Crippen LogP contribution < -0.4 is 10.2 Å². The SMILES string of the molecule is O=C(Nc1cnn(Cc2ccccc2F)c1)c1ccc(N2CCCCC2)cc1. The van der Waals surface area contributed by atoms with Crippen molar-refractivity contribution in [3.63, 3.8) is 0 Å². The lowest BCUT2D eigenvalue weighted by Crippen LogP contribution is -2.29. The molecule has 1 amide bonds. The number of hydrogen-bond acceptors (Lipinski definition) is 3. The van der Waals surface area contributed by atoms with Crippen LogP contribution in [0.1, 0.15) is 35.2 Å². The van der Waals surface area contributed by atoms with E-state index in [9.17, 15) is 9.18 Å². The predicted octanol–water partition coefficient (Wildman–Crippen LogP) is 4.31. The molecule has 0 unspecified atom stereocenters. The molecule has 1 aliphatic rings. The minimum atomic E-state index is -0.266. The number of hydrogen-bond donors (Lipinski definition) is 1. The summed E-state index contributed by atoms with van der Waals surface area (Å²) in [6, 6.07) is 14.3. The van der Waals surface area contributed by atoms with Crippen LogP contribution >= 0.6 is 0 Å². The van der Waals surface area contributed by atoms with Crippen LogP contribution in [-0.4, -0.2) is 28.8 Å². The van der Waals surface area contributed by atoms with Gasteiger partial charge in [0.15, 0.2) is 0 Å². The summed E-state index contributed by atoms with van der Waals surface area (Å²) < 4.78 is 15.4. The van der Waals surface area contributed by atoms with Gasteiger partial charge in [0.2, 0.25) is 0 Å². The van der Waals surface area contributed by atoms with Gasteiger partial charge in [-0.25, -0.2) is 4.39 Å². The second-order valence-corrected chi connectivity index (χ2v) is 7.07. The van der Waals surface area contributed by atoms with Crippen molar-refractivity contribution < 1.29 is 9.18 Å². The number of rotatable bonds is 5. The zero-order chi connectivity index (χ0) is 19.3. The Morgan fingerprint density at radius 2 is 1.79 bits per heavy atom. The minimum Gasteiger partial charge on any atom is -0.372 e. The first-order valence-electron chi connectivity index (χ1n) is 9.61. The van der Waals surface area contributed by atoms with Gasteiger partial charge in [0.1, 0.15) is 5.82 Å². The maximum Gasteiger partial charge on any atom is 0.255 e. The summed E-state index contributed by atoms with van der Waals surface area (Å²) in [7, 11) is 0. The first-order chi connectivity index (χ1) is 13.7. The number of halogens is 1. The smallest absolute Gasteiger partial charge is 0.255 e. The molecule has 2 aromatic carbocycles. The largest absolute Gasteiger partial charge is 0.372 e. The zero-order valence-electron chi connectivity index (χ0n) is 15.6. The molecule has 5 nitrogen and oxygen atoms in total. The highest BCUT2D eigenvalue weighted by Crippen LogP contribution is 2.20. The predicted molar refractivity (Wildman–Crippen MR) is 108 cm³/mol. The summed E-state index contributed by atoms with van der Waals surface area (Å²) >= 11 is 0. The zero-order valence-corrected chi connectivity index (χ0v) is 15.6. The van der Waals surface area contributed by atoms with E-state index in [0.717, 1.165) is 18.8 Å². The van der Waals surface area contributed by atoms with Crippen LogP contribution in [-0.2, 0) is 6.54 Å². The van der Waals surface area contributed by atoms with E-state index in [0.29, 0.717) is 23.4 Å². The third-order valence-electron chi connectivity index (χ3n) is 5.03.